The van der Waals surface area contributed by atoms with Crippen molar-refractivity contribution in [2.75, 3.05) is 20.0 Å². The number of pyridine rings is 2. The summed E-state index contributed by atoms with van der Waals surface area (Å²) < 4.78 is 165. The zero-order chi connectivity index (χ0) is 55.6. The summed E-state index contributed by atoms with van der Waals surface area (Å²) in [4.78, 5) is 40.5. The minimum atomic E-state index is -5.12. The van der Waals surface area contributed by atoms with Gasteiger partial charge in [0.15, 0.2) is 9.84 Å². The Labute approximate surface area is 462 Å². The average molecular weight is 1290 g/mol. The number of halogens is 9. The van der Waals surface area contributed by atoms with Gasteiger partial charge in [-0.15, -0.1) is 0 Å². The van der Waals surface area contributed by atoms with E-state index in [2.05, 4.69) is 56.0 Å². The number of aryl methyl sites for hydroxylation is 2. The molecule has 0 bridgehead atoms. The Morgan fingerprint density at radius 2 is 1.00 bits per heavy atom. The molecular formula is C49H40Br2F7N7O9P2S2. The SMILES string of the molecule is COc1cc(Br)c(F)cc1-n1c(=O)ccc2cc(S(=O)(=O)Cc3ccnc(C)n3)ccc21.COc1cc(Br)c(F)cc1-n1c(=O)ccc2cc(S(=O)(=O)Oc3c(F)c(F)c(F)c(F)c3F)ccc21.Cc1nccc(N)n1.P.P. The minimum absolute atomic E-state index is 0. The molecule has 2 N–H and O–H groups in total. The Bertz CT molecular complexity index is 4110. The Hall–Kier alpha value is -6.89. The molecule has 410 valence electrons. The van der Waals surface area contributed by atoms with E-state index in [4.69, 9.17) is 15.2 Å². The highest BCUT2D eigenvalue weighted by Gasteiger charge is 2.31. The summed E-state index contributed by atoms with van der Waals surface area (Å²) in [6.45, 7) is 3.49. The van der Waals surface area contributed by atoms with Crippen molar-refractivity contribution >= 4 is 99.2 Å². The van der Waals surface area contributed by atoms with Crippen LogP contribution in [0.4, 0.5) is 36.6 Å². The quantitative estimate of drug-likeness (QED) is 0.0443. The third-order valence-electron chi connectivity index (χ3n) is 10.6. The number of ether oxygens (including phenoxy) is 2. The van der Waals surface area contributed by atoms with Crippen LogP contribution in [0, 0.1) is 54.6 Å². The summed E-state index contributed by atoms with van der Waals surface area (Å²) in [6.07, 6.45) is 3.15. The van der Waals surface area contributed by atoms with Crippen LogP contribution in [0.15, 0.2) is 138 Å². The van der Waals surface area contributed by atoms with Gasteiger partial charge in [-0.1, -0.05) is 0 Å². The predicted octanol–water partition coefficient (Wildman–Crippen LogP) is 9.82. The summed E-state index contributed by atoms with van der Waals surface area (Å²) in [5, 5.41) is 0.553. The molecule has 5 aromatic carbocycles. The lowest BCUT2D eigenvalue weighted by Crippen LogP contribution is -2.19. The second-order valence-electron chi connectivity index (χ2n) is 15.7. The maximum Gasteiger partial charge on any atom is 0.339 e. The van der Waals surface area contributed by atoms with Gasteiger partial charge in [0.2, 0.25) is 34.8 Å². The largest absolute Gasteiger partial charge is 0.495 e. The predicted molar refractivity (Wildman–Crippen MR) is 293 cm³/mol. The van der Waals surface area contributed by atoms with Crippen LogP contribution in [-0.2, 0) is 25.7 Å². The molecule has 78 heavy (non-hydrogen) atoms. The average Bonchev–Trinajstić information content (AvgIpc) is 3.47. The number of nitrogen functional groups attached to an aromatic ring is 1. The summed E-state index contributed by atoms with van der Waals surface area (Å²) in [5.41, 5.74) is 5.30. The fourth-order valence-electron chi connectivity index (χ4n) is 7.16. The number of anilines is 1. The van der Waals surface area contributed by atoms with E-state index in [0.717, 1.165) is 34.9 Å². The van der Waals surface area contributed by atoms with Crippen LogP contribution in [0.2, 0.25) is 0 Å². The number of hydrogen-bond donors (Lipinski definition) is 1. The van der Waals surface area contributed by atoms with E-state index >= 15 is 0 Å². The summed E-state index contributed by atoms with van der Waals surface area (Å²) >= 11 is 6.11. The van der Waals surface area contributed by atoms with Crippen LogP contribution in [0.5, 0.6) is 17.2 Å². The van der Waals surface area contributed by atoms with E-state index in [9.17, 15) is 57.2 Å². The molecule has 16 nitrogen and oxygen atoms in total. The van der Waals surface area contributed by atoms with Crippen LogP contribution >= 0.6 is 51.7 Å². The molecule has 0 aliphatic rings. The van der Waals surface area contributed by atoms with Gasteiger partial charge in [-0.05, 0) is 119 Å². The summed E-state index contributed by atoms with van der Waals surface area (Å²) in [5.74, 6) is -13.7. The maximum absolute atomic E-state index is 14.3. The van der Waals surface area contributed by atoms with Crippen LogP contribution in [0.1, 0.15) is 17.3 Å². The van der Waals surface area contributed by atoms with Gasteiger partial charge in [0, 0.05) is 47.4 Å². The smallest absolute Gasteiger partial charge is 0.339 e. The van der Waals surface area contributed by atoms with Gasteiger partial charge >= 0.3 is 10.1 Å². The number of rotatable bonds is 10. The molecule has 4 aromatic heterocycles. The fraction of sp³-hybridized carbons (Fsp3) is 0.102. The van der Waals surface area contributed by atoms with Crippen molar-refractivity contribution in [1.29, 1.82) is 0 Å². The molecule has 9 rings (SSSR count). The molecule has 29 heteroatoms. The first kappa shape index (κ1) is 62.0. The second-order valence-corrected chi connectivity index (χ2v) is 20.9. The van der Waals surface area contributed by atoms with Crippen LogP contribution < -0.4 is 30.5 Å². The number of fused-ring (bicyclic) bond motifs is 2. The zero-order valence-corrected chi connectivity index (χ0v) is 48.3. The first-order valence-electron chi connectivity index (χ1n) is 21.3. The van der Waals surface area contributed by atoms with Gasteiger partial charge in [-0.2, -0.15) is 37.0 Å². The molecule has 0 spiro atoms. The highest BCUT2D eigenvalue weighted by atomic mass is 79.9. The van der Waals surface area contributed by atoms with E-state index in [1.807, 2.05) is 0 Å². The fourth-order valence-corrected chi connectivity index (χ4v) is 10.1. The van der Waals surface area contributed by atoms with Crippen molar-refractivity contribution in [3.8, 4) is 28.6 Å². The van der Waals surface area contributed by atoms with Crippen molar-refractivity contribution in [3.05, 3.63) is 197 Å². The molecule has 4 heterocycles. The molecule has 0 saturated heterocycles. The van der Waals surface area contributed by atoms with Gasteiger partial charge in [0.1, 0.15) is 45.5 Å². The van der Waals surface area contributed by atoms with Crippen LogP contribution in [0.3, 0.4) is 0 Å². The molecular weight excluding hydrogens is 1250 g/mol. The number of hydrogen-bond acceptors (Lipinski definition) is 14. The zero-order valence-electron chi connectivity index (χ0n) is 40.7. The number of sulfone groups is 1. The maximum atomic E-state index is 14.3. The van der Waals surface area contributed by atoms with Gasteiger partial charge < -0.3 is 19.4 Å². The molecule has 0 saturated carbocycles. The number of nitrogens with two attached hydrogens (primary N) is 1. The first-order chi connectivity index (χ1) is 35.8. The topological polar surface area (TPSA) is 218 Å². The van der Waals surface area contributed by atoms with Crippen molar-refractivity contribution in [2.45, 2.75) is 29.4 Å². The standard InChI is InChI=1S/C22H10BrF6NO5S.C22H17BrFN3O4S.C5H7N3.2H3P/c1-34-15-7-11(23)12(24)8-14(15)30-13-4-3-10(6-9(13)2-5-16(30)31)36(32,33)35-22-20(28)18(26)17(25)19(27)21(22)29;1-13-25-8-7-15(26-13)12-32(29,30)16-4-5-19-14(9-16)3-6-22(28)27(19)20-11-18(24)17(23)10-21(20)31-2;1-4-7-3-2-5(6)8-4;;/h2-8H,1H3;3-11H,12H2,1-2H3;2-3H,1H3,(H2,6,7,8);2*1H3. The first-order valence-corrected chi connectivity index (χ1v) is 25.9. The number of aromatic nitrogens is 6. The van der Waals surface area contributed by atoms with Crippen LogP contribution in [0.25, 0.3) is 33.2 Å². The molecule has 0 radical (unpaired) electrons. The normalized spacial score (nSPS) is 11.1. The molecule has 0 fully saturated rings. The van der Waals surface area contributed by atoms with Crippen LogP contribution in [-0.4, -0.2) is 60.1 Å². The molecule has 9 aromatic rings. The Kier molecular flexibility index (Phi) is 20.1. The molecule has 0 amide bonds. The molecule has 2 atom stereocenters. The van der Waals surface area contributed by atoms with Crippen molar-refractivity contribution < 1.29 is 61.2 Å². The lowest BCUT2D eigenvalue weighted by Gasteiger charge is -2.15. The van der Waals surface area contributed by atoms with Gasteiger partial charge in [0.25, 0.3) is 11.1 Å². The number of nitrogens with zero attached hydrogens (tertiary/aromatic N) is 6. The van der Waals surface area contributed by atoms with E-state index in [-0.39, 0.29) is 73.2 Å². The number of benzene rings is 5. The minimum Gasteiger partial charge on any atom is -0.495 e. The molecule has 2 unspecified atom stereocenters. The van der Waals surface area contributed by atoms with E-state index in [0.29, 0.717) is 34.1 Å². The Balaban J connectivity index is 0.000000247. The monoisotopic (exact) mass is 1290 g/mol. The summed E-state index contributed by atoms with van der Waals surface area (Å²) in [7, 11) is -6.13. The second kappa shape index (κ2) is 25.3. The van der Waals surface area contributed by atoms with E-state index in [1.54, 1.807) is 32.2 Å². The van der Waals surface area contributed by atoms with Crippen molar-refractivity contribution in [3.63, 3.8) is 0 Å². The van der Waals surface area contributed by atoms with Crippen molar-refractivity contribution in [2.24, 2.45) is 0 Å². The van der Waals surface area contributed by atoms with Gasteiger partial charge in [-0.3, -0.25) is 18.7 Å². The highest BCUT2D eigenvalue weighted by molar-refractivity contribution is 9.10. The number of methoxy groups -OCH3 is 2. The molecule has 0 aliphatic heterocycles. The lowest BCUT2D eigenvalue weighted by molar-refractivity contribution is 0.346. The Morgan fingerprint density at radius 1 is 0.564 bits per heavy atom. The lowest BCUT2D eigenvalue weighted by atomic mass is 10.2. The van der Waals surface area contributed by atoms with Crippen molar-refractivity contribution in [1.82, 2.24) is 29.1 Å². The highest BCUT2D eigenvalue weighted by Crippen LogP contribution is 2.35. The van der Waals surface area contributed by atoms with E-state index in [1.165, 1.54) is 79.6 Å². The van der Waals surface area contributed by atoms with Gasteiger partial charge in [0.05, 0.1) is 61.9 Å². The van der Waals surface area contributed by atoms with Gasteiger partial charge in [-0.25, -0.2) is 50.3 Å². The Morgan fingerprint density at radius 3 is 1.44 bits per heavy atom. The summed E-state index contributed by atoms with van der Waals surface area (Å²) in [6, 6.07) is 20.5. The third kappa shape index (κ3) is 13.3. The third-order valence-corrected chi connectivity index (χ3v) is 14.7. The molecule has 0 aliphatic carbocycles. The van der Waals surface area contributed by atoms with E-state index < -0.39 is 82.4 Å².